The summed E-state index contributed by atoms with van der Waals surface area (Å²) < 4.78 is 31.1. The van der Waals surface area contributed by atoms with Crippen molar-refractivity contribution in [3.8, 4) is 0 Å². The monoisotopic (exact) mass is 857 g/mol. The smallest absolute Gasteiger partial charge is 0.332 e. The fourth-order valence-electron chi connectivity index (χ4n) is 8.83. The summed E-state index contributed by atoms with van der Waals surface area (Å²) in [4.78, 5) is 55.9. The van der Waals surface area contributed by atoms with Crippen molar-refractivity contribution in [3.63, 3.8) is 0 Å². The molecule has 2 aliphatic heterocycles. The van der Waals surface area contributed by atoms with Crippen molar-refractivity contribution >= 4 is 34.9 Å². The molecule has 2 saturated carbocycles. The van der Waals surface area contributed by atoms with Gasteiger partial charge in [-0.2, -0.15) is 0 Å². The molecule has 59 heavy (non-hydrogen) atoms. The van der Waals surface area contributed by atoms with Crippen LogP contribution in [0.4, 0.5) is 0 Å². The van der Waals surface area contributed by atoms with Crippen molar-refractivity contribution in [1.29, 1.82) is 0 Å². The third-order valence-electron chi connectivity index (χ3n) is 12.1. The number of aliphatic hydroxyl groups is 5. The van der Waals surface area contributed by atoms with Crippen LogP contribution in [0.5, 0.6) is 0 Å². The van der Waals surface area contributed by atoms with Crippen LogP contribution in [-0.4, -0.2) is 152 Å². The number of carboxylic acid groups (broad SMARTS) is 1. The summed E-state index contributed by atoms with van der Waals surface area (Å²) in [6.45, 7) is 5.95. The Morgan fingerprint density at radius 3 is 2.32 bits per heavy atom. The molecule has 15 atom stereocenters. The number of nitrogens with zero attached hydrogens (tertiary/aromatic N) is 1. The Kier molecular flexibility index (Phi) is 17.6. The molecule has 3 heterocycles. The molecule has 0 spiro atoms. The second kappa shape index (κ2) is 21.9. The van der Waals surface area contributed by atoms with Gasteiger partial charge in [0.1, 0.15) is 48.4 Å². The number of carboxylic acids is 1. The van der Waals surface area contributed by atoms with E-state index in [1.54, 1.807) is 12.3 Å². The van der Waals surface area contributed by atoms with Gasteiger partial charge >= 0.3 is 5.97 Å². The highest BCUT2D eigenvalue weighted by molar-refractivity contribution is 7.11. The number of aliphatic carboxylic acids is 1. The third-order valence-corrected chi connectivity index (χ3v) is 13.1. The molecule has 0 bridgehead atoms. The van der Waals surface area contributed by atoms with Gasteiger partial charge in [0.05, 0.1) is 24.9 Å². The van der Waals surface area contributed by atoms with Gasteiger partial charge in [0.2, 0.25) is 5.91 Å². The number of amides is 2. The van der Waals surface area contributed by atoms with Crippen LogP contribution in [0.1, 0.15) is 107 Å². The molecule has 1 aromatic rings. The van der Waals surface area contributed by atoms with E-state index < -0.39 is 110 Å². The second-order valence-corrected chi connectivity index (χ2v) is 17.4. The molecule has 2 aliphatic carbocycles. The number of aromatic nitrogens is 1. The summed E-state index contributed by atoms with van der Waals surface area (Å²) in [6, 6.07) is -1.30. The SMILES string of the molecule is CCC1CC(C(=O)CCCNC(=O)c2nc(C)cs2)C[C@@H](O[C@@H]2OC(CO)C(O)C(O[C@@H](CC3CCCCC3)C(=O)O)C2NC(C)=O)[C@@H]1OC1O[C@@H](C)[C@H](O)C(O)[C@@H]1O. The first-order valence-electron chi connectivity index (χ1n) is 20.9. The number of hydrogen-bond acceptors (Lipinski definition) is 16. The minimum atomic E-state index is -1.65. The Labute approximate surface area is 348 Å². The van der Waals surface area contributed by atoms with E-state index in [4.69, 9.17) is 23.7 Å². The van der Waals surface area contributed by atoms with Gasteiger partial charge in [0.15, 0.2) is 23.7 Å². The third kappa shape index (κ3) is 12.2. The highest BCUT2D eigenvalue weighted by Gasteiger charge is 2.52. The largest absolute Gasteiger partial charge is 0.479 e. The minimum Gasteiger partial charge on any atom is -0.479 e. The first-order chi connectivity index (χ1) is 28.1. The van der Waals surface area contributed by atoms with Gasteiger partial charge in [-0.1, -0.05) is 45.4 Å². The molecular weight excluding hydrogens is 795 g/mol. The summed E-state index contributed by atoms with van der Waals surface area (Å²) in [7, 11) is 0. The lowest BCUT2D eigenvalue weighted by atomic mass is 9.74. The molecule has 2 saturated heterocycles. The highest BCUT2D eigenvalue weighted by atomic mass is 32.1. The van der Waals surface area contributed by atoms with Crippen LogP contribution in [-0.2, 0) is 38.1 Å². The summed E-state index contributed by atoms with van der Waals surface area (Å²) in [5, 5.41) is 71.5. The van der Waals surface area contributed by atoms with E-state index in [9.17, 15) is 49.8 Å². The van der Waals surface area contributed by atoms with E-state index >= 15 is 0 Å². The summed E-state index contributed by atoms with van der Waals surface area (Å²) in [5.74, 6) is -3.13. The predicted molar refractivity (Wildman–Crippen MR) is 209 cm³/mol. The predicted octanol–water partition coefficient (Wildman–Crippen LogP) is 0.956. The van der Waals surface area contributed by atoms with Gasteiger partial charge in [0.25, 0.3) is 5.91 Å². The molecule has 18 nitrogen and oxygen atoms in total. The van der Waals surface area contributed by atoms with Gasteiger partial charge in [0, 0.05) is 36.9 Å². The van der Waals surface area contributed by atoms with Gasteiger partial charge in [-0.3, -0.25) is 14.4 Å². The maximum atomic E-state index is 13.9. The minimum absolute atomic E-state index is 0.0538. The second-order valence-electron chi connectivity index (χ2n) is 16.5. The zero-order chi connectivity index (χ0) is 43.0. The summed E-state index contributed by atoms with van der Waals surface area (Å²) in [6.07, 6.45) is -9.86. The number of rotatable bonds is 18. The maximum Gasteiger partial charge on any atom is 0.332 e. The van der Waals surface area contributed by atoms with E-state index in [-0.39, 0.29) is 43.4 Å². The van der Waals surface area contributed by atoms with Crippen molar-refractivity contribution in [2.75, 3.05) is 13.2 Å². The quantitative estimate of drug-likeness (QED) is 0.0955. The first kappa shape index (κ1) is 47.4. The van der Waals surface area contributed by atoms with Gasteiger partial charge < -0.3 is 65.0 Å². The molecular formula is C40H63N3O15S. The molecule has 5 rings (SSSR count). The lowest BCUT2D eigenvalue weighted by Gasteiger charge is -2.49. The van der Waals surface area contributed by atoms with E-state index in [0.717, 1.165) is 37.8 Å². The Hall–Kier alpha value is -2.69. The maximum absolute atomic E-state index is 13.9. The van der Waals surface area contributed by atoms with Crippen molar-refractivity contribution in [2.45, 2.75) is 178 Å². The molecule has 2 amide bonds. The number of Topliss-reactive ketones (excluding diaryl/α,β-unsaturated/α-hetero) is 1. The van der Waals surface area contributed by atoms with Gasteiger partial charge in [-0.25, -0.2) is 9.78 Å². The molecule has 8 N–H and O–H groups in total. The average molecular weight is 858 g/mol. The van der Waals surface area contributed by atoms with Crippen LogP contribution in [0.15, 0.2) is 5.38 Å². The van der Waals surface area contributed by atoms with Gasteiger partial charge in [-0.15, -0.1) is 11.3 Å². The van der Waals surface area contributed by atoms with Crippen LogP contribution in [0.2, 0.25) is 0 Å². The number of ketones is 1. The highest BCUT2D eigenvalue weighted by Crippen LogP contribution is 2.40. The van der Waals surface area contributed by atoms with Crippen LogP contribution in [0.25, 0.3) is 0 Å². The fraction of sp³-hybridized carbons (Fsp3) is 0.825. The molecule has 4 aliphatic rings. The molecule has 8 unspecified atom stereocenters. The zero-order valence-electron chi connectivity index (χ0n) is 34.2. The Morgan fingerprint density at radius 2 is 1.69 bits per heavy atom. The zero-order valence-corrected chi connectivity index (χ0v) is 35.0. The molecule has 334 valence electrons. The molecule has 0 radical (unpaired) electrons. The number of nitrogens with one attached hydrogen (secondary N) is 2. The Morgan fingerprint density at radius 1 is 0.966 bits per heavy atom. The number of aliphatic hydroxyl groups excluding tert-OH is 5. The number of ether oxygens (including phenoxy) is 5. The number of aryl methyl sites for hydroxylation is 1. The lowest BCUT2D eigenvalue weighted by molar-refractivity contribution is -0.338. The van der Waals surface area contributed by atoms with E-state index in [0.29, 0.717) is 24.3 Å². The van der Waals surface area contributed by atoms with Gasteiger partial charge in [-0.05, 0) is 51.4 Å². The van der Waals surface area contributed by atoms with E-state index in [2.05, 4.69) is 15.6 Å². The summed E-state index contributed by atoms with van der Waals surface area (Å²) >= 11 is 1.23. The topological polar surface area (TPSA) is 273 Å². The number of hydrogen-bond donors (Lipinski definition) is 8. The normalized spacial score (nSPS) is 36.1. The van der Waals surface area contributed by atoms with Crippen LogP contribution < -0.4 is 10.6 Å². The van der Waals surface area contributed by atoms with Crippen molar-refractivity contribution < 1.29 is 73.5 Å². The fourth-order valence-corrected chi connectivity index (χ4v) is 9.54. The van der Waals surface area contributed by atoms with Crippen molar-refractivity contribution in [2.24, 2.45) is 17.8 Å². The van der Waals surface area contributed by atoms with Crippen LogP contribution in [0, 0.1) is 24.7 Å². The van der Waals surface area contributed by atoms with E-state index in [1.807, 2.05) is 6.92 Å². The molecule has 1 aromatic heterocycles. The number of thiazole rings is 1. The lowest BCUT2D eigenvalue weighted by Crippen LogP contribution is -2.67. The molecule has 19 heteroatoms. The van der Waals surface area contributed by atoms with Crippen LogP contribution in [0.3, 0.4) is 0 Å². The molecule has 0 aromatic carbocycles. The van der Waals surface area contributed by atoms with Crippen molar-refractivity contribution in [1.82, 2.24) is 15.6 Å². The standard InChI is InChI=1S/C40H63N3O15S/c1-5-23-15-24(25(46)12-9-13-41-36(51)37-42-19(2)18-59-37)16-26(34(23)58-40-33(50)32(49)30(47)20(3)54-40)56-39-29(43-21(4)45)35(31(48)28(17-44)57-39)55-27(38(52)53)14-22-10-7-6-8-11-22/h18,20,22-24,26-35,39-40,44,47-50H,5-17H2,1-4H3,(H,41,51)(H,43,45)(H,52,53)/t20-,23?,24?,26+,27-,28?,29?,30-,31?,32?,33-,34+,35?,39+,40?/m0/s1. The van der Waals surface area contributed by atoms with E-state index in [1.165, 1.54) is 25.2 Å². The molecule has 4 fully saturated rings. The van der Waals surface area contributed by atoms with Crippen LogP contribution >= 0.6 is 11.3 Å². The number of carbonyl (C=O) groups is 4. The Balaban J connectivity index is 1.39. The Bertz CT molecular complexity index is 1550. The average Bonchev–Trinajstić information content (AvgIpc) is 3.66. The summed E-state index contributed by atoms with van der Waals surface area (Å²) in [5.41, 5.74) is 0.734. The number of carbonyl (C=O) groups excluding carboxylic acids is 3. The first-order valence-corrected chi connectivity index (χ1v) is 21.8. The van der Waals surface area contributed by atoms with Crippen molar-refractivity contribution in [3.05, 3.63) is 16.1 Å².